The number of aromatic nitrogens is 1. The molecule has 1 aromatic carbocycles. The number of halogens is 1. The van der Waals surface area contributed by atoms with Gasteiger partial charge in [0, 0.05) is 16.4 Å². The first-order chi connectivity index (χ1) is 9.72. The van der Waals surface area contributed by atoms with E-state index in [-0.39, 0.29) is 16.1 Å². The van der Waals surface area contributed by atoms with E-state index in [1.807, 2.05) is 0 Å². The number of aromatic carboxylic acids is 1. The SMILES string of the molecule is Cc1ccc(Br)cc1S(=O)(=O)Nc1c[nH]c(C)c1C(=O)O. The molecule has 0 fully saturated rings. The average molecular weight is 373 g/mol. The molecule has 3 N–H and O–H groups in total. The number of hydrogen-bond acceptors (Lipinski definition) is 3. The molecule has 112 valence electrons. The van der Waals surface area contributed by atoms with Crippen molar-refractivity contribution >= 4 is 37.6 Å². The fourth-order valence-electron chi connectivity index (χ4n) is 1.95. The molecule has 0 atom stereocenters. The summed E-state index contributed by atoms with van der Waals surface area (Å²) in [6, 6.07) is 4.87. The number of carboxylic acid groups (broad SMARTS) is 1. The lowest BCUT2D eigenvalue weighted by Crippen LogP contribution is -2.16. The fourth-order valence-corrected chi connectivity index (χ4v) is 3.79. The van der Waals surface area contributed by atoms with Crippen LogP contribution in [-0.2, 0) is 10.0 Å². The molecule has 1 heterocycles. The molecular weight excluding hydrogens is 360 g/mol. The molecule has 0 unspecified atom stereocenters. The minimum atomic E-state index is -3.87. The molecule has 8 heteroatoms. The fraction of sp³-hybridized carbons (Fsp3) is 0.154. The molecule has 0 aliphatic heterocycles. The van der Waals surface area contributed by atoms with Crippen molar-refractivity contribution < 1.29 is 18.3 Å². The van der Waals surface area contributed by atoms with Gasteiger partial charge < -0.3 is 10.1 Å². The van der Waals surface area contributed by atoms with Gasteiger partial charge >= 0.3 is 5.97 Å². The Bertz CT molecular complexity index is 812. The zero-order valence-corrected chi connectivity index (χ0v) is 13.7. The molecule has 0 saturated heterocycles. The van der Waals surface area contributed by atoms with E-state index in [1.165, 1.54) is 12.3 Å². The maximum atomic E-state index is 12.4. The van der Waals surface area contributed by atoms with Crippen molar-refractivity contribution in [1.29, 1.82) is 0 Å². The van der Waals surface area contributed by atoms with Gasteiger partial charge in [-0.15, -0.1) is 0 Å². The van der Waals surface area contributed by atoms with Crippen LogP contribution in [0.3, 0.4) is 0 Å². The molecule has 0 radical (unpaired) electrons. The Morgan fingerprint density at radius 2 is 2.00 bits per heavy atom. The molecule has 0 aliphatic carbocycles. The molecule has 21 heavy (non-hydrogen) atoms. The zero-order chi connectivity index (χ0) is 15.8. The highest BCUT2D eigenvalue weighted by atomic mass is 79.9. The van der Waals surface area contributed by atoms with Gasteiger partial charge in [0.05, 0.1) is 10.6 Å². The number of carboxylic acids is 1. The van der Waals surface area contributed by atoms with Crippen LogP contribution in [-0.4, -0.2) is 24.5 Å². The molecule has 0 saturated carbocycles. The number of carbonyl (C=O) groups is 1. The second-order valence-corrected chi connectivity index (χ2v) is 7.09. The van der Waals surface area contributed by atoms with Crippen molar-refractivity contribution in [2.75, 3.05) is 4.72 Å². The summed E-state index contributed by atoms with van der Waals surface area (Å²) in [4.78, 5) is 14.0. The summed E-state index contributed by atoms with van der Waals surface area (Å²) in [6.45, 7) is 3.23. The highest BCUT2D eigenvalue weighted by Gasteiger charge is 2.22. The normalized spacial score (nSPS) is 11.4. The first kappa shape index (κ1) is 15.6. The van der Waals surface area contributed by atoms with E-state index in [0.29, 0.717) is 15.7 Å². The van der Waals surface area contributed by atoms with Crippen molar-refractivity contribution in [3.05, 3.63) is 45.7 Å². The van der Waals surface area contributed by atoms with Gasteiger partial charge in [0.25, 0.3) is 10.0 Å². The van der Waals surface area contributed by atoms with Crippen LogP contribution in [0, 0.1) is 13.8 Å². The monoisotopic (exact) mass is 372 g/mol. The number of hydrogen-bond donors (Lipinski definition) is 3. The summed E-state index contributed by atoms with van der Waals surface area (Å²) >= 11 is 3.22. The minimum absolute atomic E-state index is 0.0133. The summed E-state index contributed by atoms with van der Waals surface area (Å²) < 4.78 is 27.8. The molecule has 0 spiro atoms. The predicted molar refractivity (Wildman–Crippen MR) is 82.2 cm³/mol. The first-order valence-electron chi connectivity index (χ1n) is 5.92. The van der Waals surface area contributed by atoms with Gasteiger partial charge in [0.15, 0.2) is 0 Å². The minimum Gasteiger partial charge on any atom is -0.478 e. The van der Waals surface area contributed by atoms with Crippen LogP contribution in [0.25, 0.3) is 0 Å². The van der Waals surface area contributed by atoms with Crippen LogP contribution in [0.5, 0.6) is 0 Å². The maximum absolute atomic E-state index is 12.4. The number of rotatable bonds is 4. The zero-order valence-electron chi connectivity index (χ0n) is 11.3. The third kappa shape index (κ3) is 3.11. The molecule has 1 aromatic heterocycles. The Kier molecular flexibility index (Phi) is 4.11. The van der Waals surface area contributed by atoms with Gasteiger partial charge in [-0.25, -0.2) is 13.2 Å². The predicted octanol–water partition coefficient (Wildman–Crippen LogP) is 2.89. The Balaban J connectivity index is 2.48. The second kappa shape index (κ2) is 5.53. The largest absolute Gasteiger partial charge is 0.478 e. The van der Waals surface area contributed by atoms with Crippen LogP contribution in [0.1, 0.15) is 21.6 Å². The van der Waals surface area contributed by atoms with E-state index in [4.69, 9.17) is 5.11 Å². The number of anilines is 1. The van der Waals surface area contributed by atoms with Gasteiger partial charge in [0.1, 0.15) is 5.56 Å². The molecular formula is C13H13BrN2O4S. The lowest BCUT2D eigenvalue weighted by Gasteiger charge is -2.10. The smallest absolute Gasteiger partial charge is 0.339 e. The van der Waals surface area contributed by atoms with Gasteiger partial charge in [0.2, 0.25) is 0 Å². The summed E-state index contributed by atoms with van der Waals surface area (Å²) in [6.07, 6.45) is 1.32. The van der Waals surface area contributed by atoms with Crippen molar-refractivity contribution in [2.45, 2.75) is 18.7 Å². The molecule has 2 aromatic rings. The van der Waals surface area contributed by atoms with Crippen LogP contribution in [0.4, 0.5) is 5.69 Å². The highest BCUT2D eigenvalue weighted by Crippen LogP contribution is 2.26. The van der Waals surface area contributed by atoms with Crippen molar-refractivity contribution in [2.24, 2.45) is 0 Å². The van der Waals surface area contributed by atoms with Gasteiger partial charge in [-0.3, -0.25) is 4.72 Å². The van der Waals surface area contributed by atoms with E-state index in [0.717, 1.165) is 0 Å². The van der Waals surface area contributed by atoms with Crippen LogP contribution < -0.4 is 4.72 Å². The van der Waals surface area contributed by atoms with Crippen LogP contribution in [0.2, 0.25) is 0 Å². The van der Waals surface area contributed by atoms with Crippen molar-refractivity contribution in [1.82, 2.24) is 4.98 Å². The van der Waals surface area contributed by atoms with E-state index < -0.39 is 16.0 Å². The summed E-state index contributed by atoms with van der Waals surface area (Å²) in [7, 11) is -3.87. The summed E-state index contributed by atoms with van der Waals surface area (Å²) in [5.41, 5.74) is 0.867. The first-order valence-corrected chi connectivity index (χ1v) is 8.20. The number of aryl methyl sites for hydroxylation is 2. The third-order valence-corrected chi connectivity index (χ3v) is 4.98. The average Bonchev–Trinajstić information content (AvgIpc) is 2.72. The number of H-pyrrole nitrogens is 1. The third-order valence-electron chi connectivity index (χ3n) is 2.98. The molecule has 0 aliphatic rings. The Morgan fingerprint density at radius 1 is 1.33 bits per heavy atom. The summed E-state index contributed by atoms with van der Waals surface area (Å²) in [5.74, 6) is -1.20. The standard InChI is InChI=1S/C13H13BrN2O4S/c1-7-3-4-9(14)5-11(7)21(19,20)16-10-6-15-8(2)12(10)13(17)18/h3-6,15-16H,1-2H3,(H,17,18). The molecule has 2 rings (SSSR count). The van der Waals surface area contributed by atoms with Gasteiger partial charge in [-0.1, -0.05) is 22.0 Å². The van der Waals surface area contributed by atoms with Gasteiger partial charge in [-0.05, 0) is 31.5 Å². The molecule has 0 amide bonds. The number of benzene rings is 1. The lowest BCUT2D eigenvalue weighted by molar-refractivity contribution is 0.0697. The second-order valence-electron chi connectivity index (χ2n) is 4.52. The van der Waals surface area contributed by atoms with E-state index in [1.54, 1.807) is 26.0 Å². The Hall–Kier alpha value is -1.80. The number of nitrogens with one attached hydrogen (secondary N) is 2. The Morgan fingerprint density at radius 3 is 2.62 bits per heavy atom. The maximum Gasteiger partial charge on any atom is 0.339 e. The van der Waals surface area contributed by atoms with E-state index >= 15 is 0 Å². The van der Waals surface area contributed by atoms with E-state index in [2.05, 4.69) is 25.6 Å². The van der Waals surface area contributed by atoms with Gasteiger partial charge in [-0.2, -0.15) is 0 Å². The lowest BCUT2D eigenvalue weighted by atomic mass is 10.2. The Labute approximate surface area is 130 Å². The topological polar surface area (TPSA) is 99.3 Å². The van der Waals surface area contributed by atoms with Crippen molar-refractivity contribution in [3.8, 4) is 0 Å². The molecule has 6 nitrogen and oxygen atoms in total. The van der Waals surface area contributed by atoms with Crippen LogP contribution in [0.15, 0.2) is 33.8 Å². The summed E-state index contributed by atoms with van der Waals surface area (Å²) in [5, 5.41) is 9.14. The quantitative estimate of drug-likeness (QED) is 0.767. The number of aromatic amines is 1. The highest BCUT2D eigenvalue weighted by molar-refractivity contribution is 9.10. The van der Waals surface area contributed by atoms with Crippen molar-refractivity contribution in [3.63, 3.8) is 0 Å². The molecule has 0 bridgehead atoms. The number of sulfonamides is 1. The van der Waals surface area contributed by atoms with E-state index in [9.17, 15) is 13.2 Å². The van der Waals surface area contributed by atoms with Crippen LogP contribution >= 0.6 is 15.9 Å².